The molecular weight excluding hydrogens is 364 g/mol. The van der Waals surface area contributed by atoms with Gasteiger partial charge in [-0.05, 0) is 61.0 Å². The molecule has 144 valence electrons. The van der Waals surface area contributed by atoms with Gasteiger partial charge < -0.3 is 14.5 Å². The second-order valence-corrected chi connectivity index (χ2v) is 6.63. The molecule has 5 nitrogen and oxygen atoms in total. The summed E-state index contributed by atoms with van der Waals surface area (Å²) in [6.07, 6.45) is 1.66. The van der Waals surface area contributed by atoms with Gasteiger partial charge in [-0.15, -0.1) is 0 Å². The number of amides is 1. The monoisotopic (exact) mass is 384 g/mol. The Morgan fingerprint density at radius 1 is 1.00 bits per heavy atom. The molecule has 0 atom stereocenters. The van der Waals surface area contributed by atoms with Crippen LogP contribution in [0.25, 0.3) is 22.8 Å². The Morgan fingerprint density at radius 3 is 2.55 bits per heavy atom. The first-order chi connectivity index (χ1) is 14.1. The number of hydrogen-bond donors (Lipinski definition) is 1. The second kappa shape index (κ2) is 8.02. The van der Waals surface area contributed by atoms with Crippen LogP contribution in [0.4, 0.5) is 5.69 Å². The van der Waals surface area contributed by atoms with Crippen molar-refractivity contribution in [1.82, 2.24) is 4.98 Å². The number of benzene rings is 3. The fourth-order valence-corrected chi connectivity index (χ4v) is 3.08. The smallest absolute Gasteiger partial charge is 0.256 e. The fraction of sp³-hybridized carbons (Fsp3) is 0.0833. The number of hydrogen-bond acceptors (Lipinski definition) is 4. The molecule has 0 saturated heterocycles. The van der Waals surface area contributed by atoms with Gasteiger partial charge in [0.05, 0.1) is 18.9 Å². The van der Waals surface area contributed by atoms with Crippen LogP contribution in [0.2, 0.25) is 0 Å². The molecule has 1 N–H and O–H groups in total. The number of carbonyl (C=O) groups is 1. The van der Waals surface area contributed by atoms with Crippen LogP contribution in [-0.2, 0) is 0 Å². The van der Waals surface area contributed by atoms with Crippen LogP contribution in [-0.4, -0.2) is 18.0 Å². The standard InChI is InChI=1S/C24H20N2O3/c1-16-6-5-7-18(14-16)26-23(27)20-8-3-4-9-21(20)24-25-15-22(29-24)17-10-12-19(28-2)13-11-17/h3-15H,1-2H3,(H,26,27). The Kier molecular flexibility index (Phi) is 5.12. The van der Waals surface area contributed by atoms with E-state index in [0.717, 1.165) is 22.6 Å². The highest BCUT2D eigenvalue weighted by molar-refractivity contribution is 6.08. The third-order valence-electron chi connectivity index (χ3n) is 4.56. The van der Waals surface area contributed by atoms with Gasteiger partial charge in [0.15, 0.2) is 5.76 Å². The van der Waals surface area contributed by atoms with Crippen LogP contribution < -0.4 is 10.1 Å². The summed E-state index contributed by atoms with van der Waals surface area (Å²) < 4.78 is 11.1. The average Bonchev–Trinajstić information content (AvgIpc) is 3.24. The van der Waals surface area contributed by atoms with E-state index in [-0.39, 0.29) is 5.91 Å². The van der Waals surface area contributed by atoms with Crippen molar-refractivity contribution in [2.75, 3.05) is 12.4 Å². The molecule has 5 heteroatoms. The molecule has 0 aliphatic rings. The maximum absolute atomic E-state index is 12.9. The lowest BCUT2D eigenvalue weighted by molar-refractivity contribution is 0.102. The topological polar surface area (TPSA) is 64.4 Å². The summed E-state index contributed by atoms with van der Waals surface area (Å²) in [7, 11) is 1.63. The molecule has 4 aromatic rings. The van der Waals surface area contributed by atoms with Gasteiger partial charge in [-0.2, -0.15) is 0 Å². The first-order valence-corrected chi connectivity index (χ1v) is 9.22. The lowest BCUT2D eigenvalue weighted by Crippen LogP contribution is -2.13. The molecule has 3 aromatic carbocycles. The molecule has 0 aliphatic carbocycles. The molecule has 1 heterocycles. The number of methoxy groups -OCH3 is 1. The van der Waals surface area contributed by atoms with E-state index < -0.39 is 0 Å². The van der Waals surface area contributed by atoms with Gasteiger partial charge in [0.1, 0.15) is 5.75 Å². The normalized spacial score (nSPS) is 10.6. The number of ether oxygens (including phenoxy) is 1. The summed E-state index contributed by atoms with van der Waals surface area (Å²) in [5.74, 6) is 1.57. The van der Waals surface area contributed by atoms with Crippen LogP contribution >= 0.6 is 0 Å². The Labute approximate surface area is 169 Å². The maximum atomic E-state index is 12.9. The highest BCUT2D eigenvalue weighted by atomic mass is 16.5. The van der Waals surface area contributed by atoms with Crippen molar-refractivity contribution in [3.05, 3.63) is 90.1 Å². The van der Waals surface area contributed by atoms with E-state index in [2.05, 4.69) is 10.3 Å². The molecule has 0 fully saturated rings. The van der Waals surface area contributed by atoms with Gasteiger partial charge >= 0.3 is 0 Å². The predicted octanol–water partition coefficient (Wildman–Crippen LogP) is 5.58. The van der Waals surface area contributed by atoms with Crippen molar-refractivity contribution in [1.29, 1.82) is 0 Å². The molecule has 0 spiro atoms. The molecule has 0 bridgehead atoms. The van der Waals surface area contributed by atoms with E-state index in [1.807, 2.05) is 73.7 Å². The molecule has 1 aromatic heterocycles. The molecular formula is C24H20N2O3. The zero-order valence-electron chi connectivity index (χ0n) is 16.2. The Bertz CT molecular complexity index is 1150. The van der Waals surface area contributed by atoms with Crippen molar-refractivity contribution in [3.8, 4) is 28.5 Å². The van der Waals surface area contributed by atoms with E-state index >= 15 is 0 Å². The fourth-order valence-electron chi connectivity index (χ4n) is 3.08. The summed E-state index contributed by atoms with van der Waals surface area (Å²) in [6.45, 7) is 1.98. The third-order valence-corrected chi connectivity index (χ3v) is 4.56. The first-order valence-electron chi connectivity index (χ1n) is 9.22. The molecule has 29 heavy (non-hydrogen) atoms. The number of rotatable bonds is 5. The number of aromatic nitrogens is 1. The van der Waals surface area contributed by atoms with E-state index in [1.54, 1.807) is 19.4 Å². The van der Waals surface area contributed by atoms with Gasteiger partial charge in [-0.1, -0.05) is 24.3 Å². The minimum absolute atomic E-state index is 0.213. The SMILES string of the molecule is COc1ccc(-c2cnc(-c3ccccc3C(=O)Nc3cccc(C)c3)o2)cc1. The van der Waals surface area contributed by atoms with E-state index in [0.29, 0.717) is 22.8 Å². The number of anilines is 1. The summed E-state index contributed by atoms with van der Waals surface area (Å²) in [4.78, 5) is 17.3. The zero-order valence-corrected chi connectivity index (χ0v) is 16.2. The molecule has 0 unspecified atom stereocenters. The van der Waals surface area contributed by atoms with Crippen LogP contribution in [0.5, 0.6) is 5.75 Å². The quantitative estimate of drug-likeness (QED) is 0.488. The van der Waals surface area contributed by atoms with Crippen molar-refractivity contribution in [2.45, 2.75) is 6.92 Å². The third kappa shape index (κ3) is 4.04. The Hall–Kier alpha value is -3.86. The molecule has 0 radical (unpaired) electrons. The Balaban J connectivity index is 1.63. The molecule has 0 saturated carbocycles. The minimum Gasteiger partial charge on any atom is -0.497 e. The number of nitrogens with one attached hydrogen (secondary N) is 1. The second-order valence-electron chi connectivity index (χ2n) is 6.63. The summed E-state index contributed by atoms with van der Waals surface area (Å²) in [5, 5.41) is 2.94. The minimum atomic E-state index is -0.213. The average molecular weight is 384 g/mol. The molecule has 1 amide bonds. The van der Waals surface area contributed by atoms with E-state index in [1.165, 1.54) is 0 Å². The number of oxazole rings is 1. The van der Waals surface area contributed by atoms with Gasteiger partial charge in [0.25, 0.3) is 5.91 Å². The van der Waals surface area contributed by atoms with Gasteiger partial charge in [-0.25, -0.2) is 4.98 Å². The molecule has 0 aliphatic heterocycles. The van der Waals surface area contributed by atoms with Crippen molar-refractivity contribution in [2.24, 2.45) is 0 Å². The van der Waals surface area contributed by atoms with Crippen LogP contribution in [0, 0.1) is 6.92 Å². The Morgan fingerprint density at radius 2 is 1.79 bits per heavy atom. The van der Waals surface area contributed by atoms with Crippen molar-refractivity contribution >= 4 is 11.6 Å². The lowest BCUT2D eigenvalue weighted by Gasteiger charge is -2.09. The summed E-state index contributed by atoms with van der Waals surface area (Å²) in [5.41, 5.74) is 3.84. The van der Waals surface area contributed by atoms with Crippen LogP contribution in [0.3, 0.4) is 0 Å². The number of carbonyl (C=O) groups excluding carboxylic acids is 1. The maximum Gasteiger partial charge on any atom is 0.256 e. The first kappa shape index (κ1) is 18.5. The summed E-state index contributed by atoms with van der Waals surface area (Å²) in [6, 6.07) is 22.5. The van der Waals surface area contributed by atoms with Gasteiger partial charge in [0, 0.05) is 16.8 Å². The zero-order chi connectivity index (χ0) is 20.2. The van der Waals surface area contributed by atoms with Crippen LogP contribution in [0.15, 0.2) is 83.4 Å². The largest absolute Gasteiger partial charge is 0.497 e. The lowest BCUT2D eigenvalue weighted by atomic mass is 10.1. The highest BCUT2D eigenvalue weighted by Crippen LogP contribution is 2.29. The van der Waals surface area contributed by atoms with Gasteiger partial charge in [-0.3, -0.25) is 4.79 Å². The van der Waals surface area contributed by atoms with E-state index in [4.69, 9.17) is 9.15 Å². The highest BCUT2D eigenvalue weighted by Gasteiger charge is 2.17. The molecule has 4 rings (SSSR count). The van der Waals surface area contributed by atoms with E-state index in [9.17, 15) is 4.79 Å². The van der Waals surface area contributed by atoms with Crippen molar-refractivity contribution < 1.29 is 13.9 Å². The van der Waals surface area contributed by atoms with Gasteiger partial charge in [0.2, 0.25) is 5.89 Å². The number of aryl methyl sites for hydroxylation is 1. The van der Waals surface area contributed by atoms with Crippen molar-refractivity contribution in [3.63, 3.8) is 0 Å². The van der Waals surface area contributed by atoms with Crippen LogP contribution in [0.1, 0.15) is 15.9 Å². The summed E-state index contributed by atoms with van der Waals surface area (Å²) >= 11 is 0. The number of nitrogens with zero attached hydrogens (tertiary/aromatic N) is 1. The predicted molar refractivity (Wildman–Crippen MR) is 113 cm³/mol.